The number of hydrogen-bond acceptors (Lipinski definition) is 3. The van der Waals surface area contributed by atoms with Gasteiger partial charge in [-0.3, -0.25) is 4.79 Å². The SMILES string of the molecule is COc1ccc(CNC(=O)c2cc(C)cc(C)c2)cc1OC. The number of benzene rings is 2. The molecule has 1 N–H and O–H groups in total. The van der Waals surface area contributed by atoms with Gasteiger partial charge in [-0.05, 0) is 43.7 Å². The third kappa shape index (κ3) is 3.79. The predicted molar refractivity (Wildman–Crippen MR) is 86.6 cm³/mol. The normalized spacial score (nSPS) is 10.2. The van der Waals surface area contributed by atoms with Crippen LogP contribution in [0.4, 0.5) is 0 Å². The molecular formula is C18H21NO3. The summed E-state index contributed by atoms with van der Waals surface area (Å²) >= 11 is 0. The monoisotopic (exact) mass is 299 g/mol. The maximum absolute atomic E-state index is 12.2. The van der Waals surface area contributed by atoms with Crippen molar-refractivity contribution in [2.75, 3.05) is 14.2 Å². The molecule has 4 heteroatoms. The number of nitrogens with one attached hydrogen (secondary N) is 1. The molecule has 0 aliphatic carbocycles. The molecule has 4 nitrogen and oxygen atoms in total. The summed E-state index contributed by atoms with van der Waals surface area (Å²) in [5.41, 5.74) is 3.79. The molecule has 0 radical (unpaired) electrons. The van der Waals surface area contributed by atoms with Crippen molar-refractivity contribution in [1.82, 2.24) is 5.32 Å². The van der Waals surface area contributed by atoms with E-state index in [9.17, 15) is 4.79 Å². The van der Waals surface area contributed by atoms with Gasteiger partial charge in [0.1, 0.15) is 0 Å². The molecule has 2 rings (SSSR count). The molecule has 2 aromatic carbocycles. The molecule has 0 aliphatic heterocycles. The van der Waals surface area contributed by atoms with Gasteiger partial charge < -0.3 is 14.8 Å². The number of rotatable bonds is 5. The van der Waals surface area contributed by atoms with E-state index in [4.69, 9.17) is 9.47 Å². The fraction of sp³-hybridized carbons (Fsp3) is 0.278. The number of carbonyl (C=O) groups is 1. The molecule has 0 fully saturated rings. The van der Waals surface area contributed by atoms with Crippen LogP contribution in [0.1, 0.15) is 27.0 Å². The van der Waals surface area contributed by atoms with Crippen molar-refractivity contribution in [1.29, 1.82) is 0 Å². The smallest absolute Gasteiger partial charge is 0.251 e. The predicted octanol–water partition coefficient (Wildman–Crippen LogP) is 3.25. The van der Waals surface area contributed by atoms with Crippen molar-refractivity contribution >= 4 is 5.91 Å². The first-order valence-electron chi connectivity index (χ1n) is 7.11. The Hall–Kier alpha value is -2.49. The Morgan fingerprint density at radius 1 is 0.955 bits per heavy atom. The lowest BCUT2D eigenvalue weighted by molar-refractivity contribution is 0.0950. The molecular weight excluding hydrogens is 278 g/mol. The lowest BCUT2D eigenvalue weighted by Gasteiger charge is -2.11. The Bertz CT molecular complexity index is 660. The molecule has 22 heavy (non-hydrogen) atoms. The third-order valence-electron chi connectivity index (χ3n) is 3.38. The average molecular weight is 299 g/mol. The van der Waals surface area contributed by atoms with Crippen LogP contribution in [0, 0.1) is 13.8 Å². The van der Waals surface area contributed by atoms with Crippen molar-refractivity contribution in [3.05, 3.63) is 58.7 Å². The third-order valence-corrected chi connectivity index (χ3v) is 3.38. The number of methoxy groups -OCH3 is 2. The molecule has 0 spiro atoms. The number of carbonyl (C=O) groups excluding carboxylic acids is 1. The molecule has 0 saturated carbocycles. The second-order valence-corrected chi connectivity index (χ2v) is 5.25. The van der Waals surface area contributed by atoms with Gasteiger partial charge in [-0.1, -0.05) is 23.3 Å². The second-order valence-electron chi connectivity index (χ2n) is 5.25. The summed E-state index contributed by atoms with van der Waals surface area (Å²) < 4.78 is 10.5. The van der Waals surface area contributed by atoms with Crippen LogP contribution in [-0.2, 0) is 6.54 Å². The lowest BCUT2D eigenvalue weighted by Crippen LogP contribution is -2.23. The molecule has 0 bridgehead atoms. The Morgan fingerprint density at radius 2 is 1.59 bits per heavy atom. The highest BCUT2D eigenvalue weighted by molar-refractivity contribution is 5.94. The molecule has 0 atom stereocenters. The molecule has 0 saturated heterocycles. The Labute approximate surface area is 131 Å². The first-order chi connectivity index (χ1) is 10.5. The summed E-state index contributed by atoms with van der Waals surface area (Å²) in [6.07, 6.45) is 0. The molecule has 0 heterocycles. The topological polar surface area (TPSA) is 47.6 Å². The number of ether oxygens (including phenoxy) is 2. The highest BCUT2D eigenvalue weighted by Crippen LogP contribution is 2.27. The number of aryl methyl sites for hydroxylation is 2. The van der Waals surface area contributed by atoms with E-state index < -0.39 is 0 Å². The van der Waals surface area contributed by atoms with Gasteiger partial charge in [0.25, 0.3) is 5.91 Å². The summed E-state index contributed by atoms with van der Waals surface area (Å²) in [4.78, 5) is 12.2. The maximum Gasteiger partial charge on any atom is 0.251 e. The molecule has 116 valence electrons. The first-order valence-corrected chi connectivity index (χ1v) is 7.11. The number of amides is 1. The Balaban J connectivity index is 2.07. The van der Waals surface area contributed by atoms with Crippen LogP contribution in [0.25, 0.3) is 0 Å². The zero-order valence-electron chi connectivity index (χ0n) is 13.4. The van der Waals surface area contributed by atoms with Crippen LogP contribution in [0.5, 0.6) is 11.5 Å². The fourth-order valence-electron chi connectivity index (χ4n) is 2.38. The molecule has 0 aromatic heterocycles. The summed E-state index contributed by atoms with van der Waals surface area (Å²) in [5, 5.41) is 2.92. The minimum absolute atomic E-state index is 0.0819. The van der Waals surface area contributed by atoms with Crippen molar-refractivity contribution in [2.24, 2.45) is 0 Å². The van der Waals surface area contributed by atoms with Crippen LogP contribution in [0.2, 0.25) is 0 Å². The molecule has 2 aromatic rings. The van der Waals surface area contributed by atoms with Crippen LogP contribution in [0.3, 0.4) is 0 Å². The Kier molecular flexibility index (Phi) is 5.04. The van der Waals surface area contributed by atoms with Gasteiger partial charge in [0.05, 0.1) is 14.2 Å². The minimum atomic E-state index is -0.0819. The summed E-state index contributed by atoms with van der Waals surface area (Å²) in [6.45, 7) is 4.41. The van der Waals surface area contributed by atoms with Crippen LogP contribution in [0.15, 0.2) is 36.4 Å². The van der Waals surface area contributed by atoms with E-state index in [2.05, 4.69) is 5.32 Å². The van der Waals surface area contributed by atoms with E-state index in [1.165, 1.54) is 0 Å². The van der Waals surface area contributed by atoms with E-state index in [-0.39, 0.29) is 5.91 Å². The largest absolute Gasteiger partial charge is 0.493 e. The van der Waals surface area contributed by atoms with Gasteiger partial charge in [0, 0.05) is 12.1 Å². The van der Waals surface area contributed by atoms with Gasteiger partial charge in [-0.25, -0.2) is 0 Å². The highest BCUT2D eigenvalue weighted by atomic mass is 16.5. The highest BCUT2D eigenvalue weighted by Gasteiger charge is 2.08. The van der Waals surface area contributed by atoms with Crippen LogP contribution in [-0.4, -0.2) is 20.1 Å². The van der Waals surface area contributed by atoms with Gasteiger partial charge in [0.15, 0.2) is 11.5 Å². The quantitative estimate of drug-likeness (QED) is 0.922. The van der Waals surface area contributed by atoms with Crippen molar-refractivity contribution in [3.63, 3.8) is 0 Å². The van der Waals surface area contributed by atoms with Crippen LogP contribution >= 0.6 is 0 Å². The Morgan fingerprint density at radius 3 is 2.18 bits per heavy atom. The fourth-order valence-corrected chi connectivity index (χ4v) is 2.38. The lowest BCUT2D eigenvalue weighted by atomic mass is 10.1. The van der Waals surface area contributed by atoms with E-state index in [1.54, 1.807) is 14.2 Å². The van der Waals surface area contributed by atoms with Gasteiger partial charge in [-0.15, -0.1) is 0 Å². The van der Waals surface area contributed by atoms with E-state index in [0.29, 0.717) is 23.6 Å². The summed E-state index contributed by atoms with van der Waals surface area (Å²) in [5.74, 6) is 1.24. The van der Waals surface area contributed by atoms with Gasteiger partial charge in [-0.2, -0.15) is 0 Å². The minimum Gasteiger partial charge on any atom is -0.493 e. The van der Waals surface area contributed by atoms with Crippen molar-refractivity contribution in [3.8, 4) is 11.5 Å². The van der Waals surface area contributed by atoms with Crippen molar-refractivity contribution < 1.29 is 14.3 Å². The number of hydrogen-bond donors (Lipinski definition) is 1. The maximum atomic E-state index is 12.2. The van der Waals surface area contributed by atoms with E-state index in [1.807, 2.05) is 50.2 Å². The van der Waals surface area contributed by atoms with Crippen molar-refractivity contribution in [2.45, 2.75) is 20.4 Å². The summed E-state index contributed by atoms with van der Waals surface area (Å²) in [6, 6.07) is 11.4. The van der Waals surface area contributed by atoms with Gasteiger partial charge in [0.2, 0.25) is 0 Å². The average Bonchev–Trinajstić information content (AvgIpc) is 2.51. The molecule has 1 amide bonds. The summed E-state index contributed by atoms with van der Waals surface area (Å²) in [7, 11) is 3.19. The van der Waals surface area contributed by atoms with E-state index in [0.717, 1.165) is 16.7 Å². The second kappa shape index (κ2) is 6.98. The zero-order chi connectivity index (χ0) is 16.1. The zero-order valence-corrected chi connectivity index (χ0v) is 13.4. The standard InChI is InChI=1S/C18H21NO3/c1-12-7-13(2)9-15(8-12)18(20)19-11-14-5-6-16(21-3)17(10-14)22-4/h5-10H,11H2,1-4H3,(H,19,20). The first kappa shape index (κ1) is 15.9. The molecule has 0 unspecified atom stereocenters. The van der Waals surface area contributed by atoms with E-state index >= 15 is 0 Å². The van der Waals surface area contributed by atoms with Gasteiger partial charge >= 0.3 is 0 Å². The molecule has 0 aliphatic rings. The van der Waals surface area contributed by atoms with Crippen LogP contribution < -0.4 is 14.8 Å².